The minimum absolute atomic E-state index is 0.103. The van der Waals surface area contributed by atoms with E-state index in [9.17, 15) is 4.79 Å². The van der Waals surface area contributed by atoms with Crippen LogP contribution < -0.4 is 5.32 Å². The topological polar surface area (TPSA) is 72.7 Å². The fourth-order valence-electron chi connectivity index (χ4n) is 3.10. The van der Waals surface area contributed by atoms with Gasteiger partial charge in [-0.05, 0) is 42.5 Å². The second kappa shape index (κ2) is 7.37. The number of hydrogen-bond donors (Lipinski definition) is 1. The van der Waals surface area contributed by atoms with Crippen LogP contribution in [0.3, 0.4) is 0 Å². The molecule has 0 aliphatic heterocycles. The number of carbonyl (C=O) groups excluding carboxylic acids is 1. The van der Waals surface area contributed by atoms with Gasteiger partial charge in [-0.1, -0.05) is 12.1 Å². The van der Waals surface area contributed by atoms with Crippen molar-refractivity contribution in [3.63, 3.8) is 0 Å². The standard InChI is InChI=1S/C21H19N5O/c1-15(27)24-17-8-9-20-19(14-17)25-21(18-7-3-5-12-23-18)26(20)13-10-16-6-2-4-11-22-16/h2-9,11-12,14H,10,13H2,1H3,(H,24,27). The molecular formula is C21H19N5O. The fraction of sp³-hybridized carbons (Fsp3) is 0.143. The van der Waals surface area contributed by atoms with Crippen molar-refractivity contribution < 1.29 is 4.79 Å². The van der Waals surface area contributed by atoms with Crippen molar-refractivity contribution >= 4 is 22.6 Å². The first kappa shape index (κ1) is 16.9. The van der Waals surface area contributed by atoms with Crippen LogP contribution in [0, 0.1) is 0 Å². The largest absolute Gasteiger partial charge is 0.326 e. The second-order valence-corrected chi connectivity index (χ2v) is 6.26. The van der Waals surface area contributed by atoms with E-state index in [1.165, 1.54) is 6.92 Å². The molecule has 0 aliphatic carbocycles. The summed E-state index contributed by atoms with van der Waals surface area (Å²) < 4.78 is 2.16. The Morgan fingerprint density at radius 3 is 2.56 bits per heavy atom. The van der Waals surface area contributed by atoms with E-state index in [1.54, 1.807) is 12.4 Å². The van der Waals surface area contributed by atoms with Crippen LogP contribution in [0.4, 0.5) is 5.69 Å². The molecule has 6 heteroatoms. The van der Waals surface area contributed by atoms with Gasteiger partial charge in [-0.3, -0.25) is 14.8 Å². The minimum atomic E-state index is -0.103. The van der Waals surface area contributed by atoms with Crippen LogP contribution in [0.1, 0.15) is 12.6 Å². The van der Waals surface area contributed by atoms with Crippen LogP contribution >= 0.6 is 0 Å². The predicted molar refractivity (Wildman–Crippen MR) is 105 cm³/mol. The van der Waals surface area contributed by atoms with Crippen molar-refractivity contribution in [3.8, 4) is 11.5 Å². The van der Waals surface area contributed by atoms with Gasteiger partial charge in [-0.15, -0.1) is 0 Å². The molecule has 1 aromatic carbocycles. The SMILES string of the molecule is CC(=O)Nc1ccc2c(c1)nc(-c1ccccn1)n2CCc1ccccn1. The van der Waals surface area contributed by atoms with Gasteiger partial charge in [0.05, 0.1) is 11.0 Å². The number of rotatable bonds is 5. The number of nitrogens with zero attached hydrogens (tertiary/aromatic N) is 4. The number of fused-ring (bicyclic) bond motifs is 1. The number of aromatic nitrogens is 4. The highest BCUT2D eigenvalue weighted by Gasteiger charge is 2.14. The van der Waals surface area contributed by atoms with Crippen LogP contribution in [0.5, 0.6) is 0 Å². The highest BCUT2D eigenvalue weighted by Crippen LogP contribution is 2.26. The molecular weight excluding hydrogens is 338 g/mol. The summed E-state index contributed by atoms with van der Waals surface area (Å²) in [6.45, 7) is 2.23. The smallest absolute Gasteiger partial charge is 0.221 e. The minimum Gasteiger partial charge on any atom is -0.326 e. The van der Waals surface area contributed by atoms with Crippen molar-refractivity contribution in [1.29, 1.82) is 0 Å². The van der Waals surface area contributed by atoms with Crippen molar-refractivity contribution in [2.45, 2.75) is 19.9 Å². The molecule has 27 heavy (non-hydrogen) atoms. The number of benzene rings is 1. The zero-order valence-corrected chi connectivity index (χ0v) is 15.0. The molecule has 1 N–H and O–H groups in total. The Hall–Kier alpha value is -3.54. The lowest BCUT2D eigenvalue weighted by Crippen LogP contribution is -2.06. The molecule has 0 spiro atoms. The van der Waals surface area contributed by atoms with Crippen LogP contribution in [-0.2, 0) is 17.8 Å². The molecule has 0 radical (unpaired) electrons. The quantitative estimate of drug-likeness (QED) is 0.591. The maximum Gasteiger partial charge on any atom is 0.221 e. The molecule has 0 saturated heterocycles. The molecule has 0 bridgehead atoms. The Labute approximate surface area is 156 Å². The second-order valence-electron chi connectivity index (χ2n) is 6.26. The third-order valence-corrected chi connectivity index (χ3v) is 4.28. The summed E-state index contributed by atoms with van der Waals surface area (Å²) in [5, 5.41) is 2.81. The van der Waals surface area contributed by atoms with Gasteiger partial charge < -0.3 is 9.88 Å². The number of carbonyl (C=O) groups is 1. The first-order valence-corrected chi connectivity index (χ1v) is 8.80. The number of amides is 1. The number of anilines is 1. The highest BCUT2D eigenvalue weighted by atomic mass is 16.1. The summed E-state index contributed by atoms with van der Waals surface area (Å²) in [5.74, 6) is 0.704. The number of nitrogens with one attached hydrogen (secondary N) is 1. The molecule has 3 aromatic heterocycles. The number of imidazole rings is 1. The molecule has 4 rings (SSSR count). The summed E-state index contributed by atoms with van der Waals surface area (Å²) in [7, 11) is 0. The van der Waals surface area contributed by atoms with E-state index in [-0.39, 0.29) is 5.91 Å². The first-order chi connectivity index (χ1) is 13.2. The number of hydrogen-bond acceptors (Lipinski definition) is 4. The van der Waals surface area contributed by atoms with Crippen molar-refractivity contribution in [2.24, 2.45) is 0 Å². The average molecular weight is 357 g/mol. The lowest BCUT2D eigenvalue weighted by atomic mass is 10.2. The number of pyridine rings is 2. The van der Waals surface area contributed by atoms with E-state index in [0.29, 0.717) is 0 Å². The molecule has 0 aliphatic rings. The maximum absolute atomic E-state index is 11.3. The van der Waals surface area contributed by atoms with Crippen molar-refractivity contribution in [3.05, 3.63) is 72.7 Å². The molecule has 0 saturated carbocycles. The van der Waals surface area contributed by atoms with Gasteiger partial charge in [-0.2, -0.15) is 0 Å². The lowest BCUT2D eigenvalue weighted by molar-refractivity contribution is -0.114. The van der Waals surface area contributed by atoms with Crippen LogP contribution in [-0.4, -0.2) is 25.4 Å². The normalized spacial score (nSPS) is 10.9. The average Bonchev–Trinajstić information content (AvgIpc) is 3.05. The van der Waals surface area contributed by atoms with Gasteiger partial charge in [0.15, 0.2) is 5.82 Å². The third kappa shape index (κ3) is 3.69. The van der Waals surface area contributed by atoms with E-state index in [1.807, 2.05) is 54.6 Å². The van der Waals surface area contributed by atoms with Crippen molar-refractivity contribution in [1.82, 2.24) is 19.5 Å². The fourth-order valence-corrected chi connectivity index (χ4v) is 3.10. The van der Waals surface area contributed by atoms with Gasteiger partial charge in [0.1, 0.15) is 5.69 Å². The van der Waals surface area contributed by atoms with E-state index >= 15 is 0 Å². The molecule has 0 unspecified atom stereocenters. The zero-order valence-electron chi connectivity index (χ0n) is 15.0. The summed E-state index contributed by atoms with van der Waals surface area (Å²) >= 11 is 0. The lowest BCUT2D eigenvalue weighted by Gasteiger charge is -2.09. The Morgan fingerprint density at radius 2 is 1.85 bits per heavy atom. The molecule has 4 aromatic rings. The molecule has 0 atom stereocenters. The highest BCUT2D eigenvalue weighted by molar-refractivity contribution is 5.92. The Kier molecular flexibility index (Phi) is 4.61. The van der Waals surface area contributed by atoms with Crippen LogP contribution in [0.2, 0.25) is 0 Å². The predicted octanol–water partition coefficient (Wildman–Crippen LogP) is 3.69. The first-order valence-electron chi connectivity index (χ1n) is 8.80. The number of aryl methyl sites for hydroxylation is 2. The molecule has 0 fully saturated rings. The molecule has 1 amide bonds. The third-order valence-electron chi connectivity index (χ3n) is 4.28. The molecule has 3 heterocycles. The summed E-state index contributed by atoms with van der Waals surface area (Å²) in [4.78, 5) is 25.0. The Bertz CT molecular complexity index is 1070. The monoisotopic (exact) mass is 357 g/mol. The van der Waals surface area contributed by atoms with Gasteiger partial charge in [0, 0.05) is 43.7 Å². The van der Waals surface area contributed by atoms with Crippen LogP contribution in [0.25, 0.3) is 22.6 Å². The van der Waals surface area contributed by atoms with E-state index in [2.05, 4.69) is 19.9 Å². The Balaban J connectivity index is 1.77. The van der Waals surface area contributed by atoms with Crippen LogP contribution in [0.15, 0.2) is 67.0 Å². The van der Waals surface area contributed by atoms with E-state index < -0.39 is 0 Å². The van der Waals surface area contributed by atoms with Gasteiger partial charge in [-0.25, -0.2) is 4.98 Å². The molecule has 6 nitrogen and oxygen atoms in total. The Morgan fingerprint density at radius 1 is 1.04 bits per heavy atom. The maximum atomic E-state index is 11.3. The van der Waals surface area contributed by atoms with E-state index in [4.69, 9.17) is 4.98 Å². The van der Waals surface area contributed by atoms with Gasteiger partial charge in [0.25, 0.3) is 0 Å². The summed E-state index contributed by atoms with van der Waals surface area (Å²) in [6, 6.07) is 17.5. The van der Waals surface area contributed by atoms with Crippen molar-refractivity contribution in [2.75, 3.05) is 5.32 Å². The van der Waals surface area contributed by atoms with Gasteiger partial charge >= 0.3 is 0 Å². The zero-order chi connectivity index (χ0) is 18.6. The molecule has 134 valence electrons. The summed E-state index contributed by atoms with van der Waals surface area (Å²) in [5.41, 5.74) is 4.40. The van der Waals surface area contributed by atoms with Gasteiger partial charge in [0.2, 0.25) is 5.91 Å². The summed E-state index contributed by atoms with van der Waals surface area (Å²) in [6.07, 6.45) is 4.36. The van der Waals surface area contributed by atoms with E-state index in [0.717, 1.165) is 46.9 Å².